The number of rotatable bonds is 8. The highest BCUT2D eigenvalue weighted by Gasteiger charge is 2.18. The molecule has 0 amide bonds. The van der Waals surface area contributed by atoms with Crippen LogP contribution in [0.1, 0.15) is 70.6 Å². The molecule has 1 N–H and O–H groups in total. The summed E-state index contributed by atoms with van der Waals surface area (Å²) in [7, 11) is 0. The van der Waals surface area contributed by atoms with E-state index in [0.29, 0.717) is 11.8 Å². The van der Waals surface area contributed by atoms with Crippen molar-refractivity contribution in [3.63, 3.8) is 0 Å². The molecule has 1 heteroatoms. The Bertz CT molecular complexity index is 356. The van der Waals surface area contributed by atoms with E-state index in [1.807, 2.05) is 0 Å². The average Bonchev–Trinajstić information content (AvgIpc) is 2.39. The molecular weight excluding hydrogens is 232 g/mol. The molecular formula is C18H30O. The smallest absolute Gasteiger partial charge is 0.0818 e. The SMILES string of the molecule is CCCCC(CC)C(O)c1cccc(CC(C)C)c1. The second-order valence-corrected chi connectivity index (χ2v) is 6.10. The normalized spacial score (nSPS) is 14.6. The van der Waals surface area contributed by atoms with E-state index in [1.54, 1.807) is 0 Å². The van der Waals surface area contributed by atoms with Gasteiger partial charge in [0.25, 0.3) is 0 Å². The van der Waals surface area contributed by atoms with Crippen molar-refractivity contribution >= 4 is 0 Å². The molecule has 0 aliphatic carbocycles. The molecule has 0 radical (unpaired) electrons. The Morgan fingerprint density at radius 3 is 2.47 bits per heavy atom. The predicted molar refractivity (Wildman–Crippen MR) is 83.2 cm³/mol. The first-order valence-electron chi connectivity index (χ1n) is 7.85. The van der Waals surface area contributed by atoms with Gasteiger partial charge in [0, 0.05) is 0 Å². The lowest BCUT2D eigenvalue weighted by Crippen LogP contribution is -2.12. The van der Waals surface area contributed by atoms with Crippen LogP contribution in [0.2, 0.25) is 0 Å². The van der Waals surface area contributed by atoms with E-state index in [4.69, 9.17) is 0 Å². The first-order valence-corrected chi connectivity index (χ1v) is 7.85. The Labute approximate surface area is 119 Å². The highest BCUT2D eigenvalue weighted by molar-refractivity contribution is 5.26. The zero-order chi connectivity index (χ0) is 14.3. The Morgan fingerprint density at radius 2 is 1.89 bits per heavy atom. The largest absolute Gasteiger partial charge is 0.388 e. The van der Waals surface area contributed by atoms with Gasteiger partial charge in [-0.3, -0.25) is 0 Å². The second kappa shape index (κ2) is 8.37. The van der Waals surface area contributed by atoms with Crippen molar-refractivity contribution in [2.45, 2.75) is 65.9 Å². The van der Waals surface area contributed by atoms with Crippen LogP contribution < -0.4 is 0 Å². The number of hydrogen-bond donors (Lipinski definition) is 1. The van der Waals surface area contributed by atoms with Gasteiger partial charge in [-0.1, -0.05) is 71.2 Å². The van der Waals surface area contributed by atoms with Crippen LogP contribution in [0.5, 0.6) is 0 Å². The lowest BCUT2D eigenvalue weighted by Gasteiger charge is -2.22. The zero-order valence-corrected chi connectivity index (χ0v) is 13.0. The van der Waals surface area contributed by atoms with Crippen molar-refractivity contribution in [2.75, 3.05) is 0 Å². The van der Waals surface area contributed by atoms with Gasteiger partial charge in [0.1, 0.15) is 0 Å². The van der Waals surface area contributed by atoms with Crippen LogP contribution >= 0.6 is 0 Å². The van der Waals surface area contributed by atoms with Gasteiger partial charge in [0.15, 0.2) is 0 Å². The van der Waals surface area contributed by atoms with Crippen LogP contribution in [-0.2, 0) is 6.42 Å². The summed E-state index contributed by atoms with van der Waals surface area (Å²) in [4.78, 5) is 0. The molecule has 0 aromatic heterocycles. The molecule has 0 aliphatic rings. The van der Waals surface area contributed by atoms with Crippen molar-refractivity contribution in [1.82, 2.24) is 0 Å². The van der Waals surface area contributed by atoms with Crippen molar-refractivity contribution < 1.29 is 5.11 Å². The van der Waals surface area contributed by atoms with Crippen LogP contribution in [0.25, 0.3) is 0 Å². The van der Waals surface area contributed by atoms with Crippen molar-refractivity contribution in [3.8, 4) is 0 Å². The third-order valence-electron chi connectivity index (χ3n) is 3.84. The molecule has 2 unspecified atom stereocenters. The molecule has 0 heterocycles. The fourth-order valence-electron chi connectivity index (χ4n) is 2.70. The maximum Gasteiger partial charge on any atom is 0.0818 e. The van der Waals surface area contributed by atoms with Crippen LogP contribution in [0.3, 0.4) is 0 Å². The summed E-state index contributed by atoms with van der Waals surface area (Å²) in [6.07, 6.45) is 5.38. The summed E-state index contributed by atoms with van der Waals surface area (Å²) in [5.74, 6) is 1.06. The molecule has 1 aromatic rings. The van der Waals surface area contributed by atoms with E-state index >= 15 is 0 Å². The molecule has 2 atom stereocenters. The second-order valence-electron chi connectivity index (χ2n) is 6.10. The number of unbranched alkanes of at least 4 members (excludes halogenated alkanes) is 1. The monoisotopic (exact) mass is 262 g/mol. The van der Waals surface area contributed by atoms with Crippen LogP contribution in [0, 0.1) is 11.8 Å². The van der Waals surface area contributed by atoms with Gasteiger partial charge in [0.2, 0.25) is 0 Å². The number of aliphatic hydroxyl groups excluding tert-OH is 1. The fraction of sp³-hybridized carbons (Fsp3) is 0.667. The standard InChI is InChI=1S/C18H30O/c1-5-7-10-16(6-2)18(19)17-11-8-9-15(13-17)12-14(3)4/h8-9,11,13-14,16,18-19H,5-7,10,12H2,1-4H3. The first kappa shape index (κ1) is 16.2. The highest BCUT2D eigenvalue weighted by atomic mass is 16.3. The van der Waals surface area contributed by atoms with Gasteiger partial charge in [-0.15, -0.1) is 0 Å². The third kappa shape index (κ3) is 5.36. The molecule has 1 nitrogen and oxygen atoms in total. The molecule has 1 rings (SSSR count). The number of benzene rings is 1. The van der Waals surface area contributed by atoms with E-state index in [0.717, 1.165) is 24.8 Å². The average molecular weight is 262 g/mol. The molecule has 0 saturated heterocycles. The van der Waals surface area contributed by atoms with Crippen LogP contribution in [0.15, 0.2) is 24.3 Å². The van der Waals surface area contributed by atoms with E-state index in [-0.39, 0.29) is 6.10 Å². The van der Waals surface area contributed by atoms with Gasteiger partial charge in [-0.2, -0.15) is 0 Å². The topological polar surface area (TPSA) is 20.2 Å². The minimum atomic E-state index is -0.302. The zero-order valence-electron chi connectivity index (χ0n) is 13.0. The molecule has 0 fully saturated rings. The van der Waals surface area contributed by atoms with E-state index in [2.05, 4.69) is 52.0 Å². The maximum absolute atomic E-state index is 10.6. The predicted octanol–water partition coefficient (Wildman–Crippen LogP) is 5.13. The van der Waals surface area contributed by atoms with Gasteiger partial charge in [-0.25, -0.2) is 0 Å². The lowest BCUT2D eigenvalue weighted by molar-refractivity contribution is 0.0988. The van der Waals surface area contributed by atoms with Gasteiger partial charge >= 0.3 is 0 Å². The van der Waals surface area contributed by atoms with Crippen molar-refractivity contribution in [3.05, 3.63) is 35.4 Å². The summed E-state index contributed by atoms with van der Waals surface area (Å²) in [5.41, 5.74) is 2.44. The fourth-order valence-corrected chi connectivity index (χ4v) is 2.70. The van der Waals surface area contributed by atoms with Gasteiger partial charge in [-0.05, 0) is 35.8 Å². The minimum Gasteiger partial charge on any atom is -0.388 e. The summed E-state index contributed by atoms with van der Waals surface area (Å²) in [6, 6.07) is 8.52. The highest BCUT2D eigenvalue weighted by Crippen LogP contribution is 2.29. The third-order valence-corrected chi connectivity index (χ3v) is 3.84. The summed E-state index contributed by atoms with van der Waals surface area (Å²) >= 11 is 0. The Balaban J connectivity index is 2.76. The first-order chi connectivity index (χ1) is 9.08. The Morgan fingerprint density at radius 1 is 1.16 bits per heavy atom. The summed E-state index contributed by atoms with van der Waals surface area (Å²) < 4.78 is 0. The van der Waals surface area contributed by atoms with E-state index in [1.165, 1.54) is 18.4 Å². The number of hydrogen-bond acceptors (Lipinski definition) is 1. The Hall–Kier alpha value is -0.820. The lowest BCUT2D eigenvalue weighted by atomic mass is 9.88. The molecule has 0 spiro atoms. The molecule has 1 aromatic carbocycles. The maximum atomic E-state index is 10.6. The van der Waals surface area contributed by atoms with Crippen LogP contribution in [0.4, 0.5) is 0 Å². The van der Waals surface area contributed by atoms with Crippen molar-refractivity contribution in [2.24, 2.45) is 11.8 Å². The van der Waals surface area contributed by atoms with Crippen LogP contribution in [-0.4, -0.2) is 5.11 Å². The molecule has 108 valence electrons. The minimum absolute atomic E-state index is 0.302. The van der Waals surface area contributed by atoms with Crippen molar-refractivity contribution in [1.29, 1.82) is 0 Å². The van der Waals surface area contributed by atoms with E-state index in [9.17, 15) is 5.11 Å². The summed E-state index contributed by atoms with van der Waals surface area (Å²) in [6.45, 7) is 8.86. The number of aliphatic hydroxyl groups is 1. The molecule has 0 bridgehead atoms. The quantitative estimate of drug-likeness (QED) is 0.688. The molecule has 19 heavy (non-hydrogen) atoms. The summed E-state index contributed by atoms with van der Waals surface area (Å²) in [5, 5.41) is 10.6. The molecule has 0 saturated carbocycles. The van der Waals surface area contributed by atoms with E-state index < -0.39 is 0 Å². The Kier molecular flexibility index (Phi) is 7.15. The molecule has 0 aliphatic heterocycles. The van der Waals surface area contributed by atoms with Gasteiger partial charge in [0.05, 0.1) is 6.10 Å². The van der Waals surface area contributed by atoms with Gasteiger partial charge < -0.3 is 5.11 Å².